The Bertz CT molecular complexity index is 549. The normalized spacial score (nSPS) is 9.84. The monoisotopic (exact) mass is 281 g/mol. The molecule has 4 nitrogen and oxygen atoms in total. The van der Waals surface area contributed by atoms with Gasteiger partial charge in [-0.05, 0) is 18.8 Å². The first-order valence-corrected chi connectivity index (χ1v) is 6.56. The fourth-order valence-corrected chi connectivity index (χ4v) is 2.08. The quantitative estimate of drug-likeness (QED) is 0.390. The second-order valence-electron chi connectivity index (χ2n) is 4.02. The van der Waals surface area contributed by atoms with Crippen LogP contribution in [0.3, 0.4) is 0 Å². The molecular weight excluding hydrogens is 266 g/mol. The lowest BCUT2D eigenvalue weighted by molar-refractivity contribution is 0.0692. The first kappa shape index (κ1) is 15.3. The third-order valence-corrected chi connectivity index (χ3v) is 3.13. The van der Waals surface area contributed by atoms with E-state index in [9.17, 15) is 14.7 Å². The van der Waals surface area contributed by atoms with Gasteiger partial charge in [0.2, 0.25) is 0 Å². The van der Waals surface area contributed by atoms with Crippen LogP contribution in [-0.4, -0.2) is 27.8 Å². The molecule has 19 heavy (non-hydrogen) atoms. The number of aldehydes is 1. The Balaban J connectivity index is 3.33. The van der Waals surface area contributed by atoms with Gasteiger partial charge in [-0.1, -0.05) is 12.8 Å². The summed E-state index contributed by atoms with van der Waals surface area (Å²) in [6.45, 7) is 1.85. The van der Waals surface area contributed by atoms with Crippen molar-refractivity contribution in [3.63, 3.8) is 0 Å². The van der Waals surface area contributed by atoms with Crippen LogP contribution in [0.15, 0.2) is 0 Å². The second-order valence-corrected chi connectivity index (χ2v) is 4.40. The Hall–Kier alpha value is -1.73. The molecule has 0 amide bonds. The topological polar surface area (TPSA) is 59.3 Å². The molecule has 0 saturated heterocycles. The predicted molar refractivity (Wildman–Crippen MR) is 74.0 cm³/mol. The van der Waals surface area contributed by atoms with Crippen molar-refractivity contribution in [3.05, 3.63) is 22.5 Å². The van der Waals surface area contributed by atoms with Gasteiger partial charge in [0.15, 0.2) is 6.29 Å². The zero-order valence-corrected chi connectivity index (χ0v) is 11.8. The lowest BCUT2D eigenvalue weighted by Gasteiger charge is -1.98. The molecule has 102 valence electrons. The Morgan fingerprint density at radius 3 is 2.68 bits per heavy atom. The van der Waals surface area contributed by atoms with E-state index in [2.05, 4.69) is 11.8 Å². The Morgan fingerprint density at radius 1 is 1.53 bits per heavy atom. The Labute approximate surface area is 117 Å². The van der Waals surface area contributed by atoms with E-state index in [1.54, 1.807) is 11.6 Å². The Morgan fingerprint density at radius 2 is 2.21 bits per heavy atom. The smallest absolute Gasteiger partial charge is 0.338 e. The van der Waals surface area contributed by atoms with Gasteiger partial charge in [-0.3, -0.25) is 4.79 Å². The van der Waals surface area contributed by atoms with Crippen LogP contribution < -0.4 is 0 Å². The fraction of sp³-hybridized carbons (Fsp3) is 0.429. The maximum Gasteiger partial charge on any atom is 0.338 e. The molecule has 0 spiro atoms. The van der Waals surface area contributed by atoms with Crippen molar-refractivity contribution < 1.29 is 14.7 Å². The van der Waals surface area contributed by atoms with Gasteiger partial charge in [-0.15, -0.1) is 11.6 Å². The molecule has 0 atom stereocenters. The number of halogens is 1. The molecule has 1 heterocycles. The Kier molecular flexibility index (Phi) is 5.65. The highest BCUT2D eigenvalue weighted by atomic mass is 35.5. The number of carbonyl (C=O) groups is 2. The molecule has 0 saturated carbocycles. The SMILES string of the molecule is CCc1c(C(=O)O)c(C=O)n(C)c1C#CCCCCl. The number of alkyl halides is 1. The van der Waals surface area contributed by atoms with E-state index in [1.807, 2.05) is 6.92 Å². The minimum absolute atomic E-state index is 0.0571. The van der Waals surface area contributed by atoms with E-state index in [-0.39, 0.29) is 11.3 Å². The van der Waals surface area contributed by atoms with Gasteiger partial charge in [0, 0.05) is 24.9 Å². The van der Waals surface area contributed by atoms with E-state index in [1.165, 1.54) is 0 Å². The van der Waals surface area contributed by atoms with Crippen LogP contribution >= 0.6 is 11.6 Å². The summed E-state index contributed by atoms with van der Waals surface area (Å²) in [5.41, 5.74) is 1.42. The molecule has 0 aliphatic heterocycles. The highest BCUT2D eigenvalue weighted by molar-refractivity contribution is 6.17. The van der Waals surface area contributed by atoms with Crippen molar-refractivity contribution in [2.24, 2.45) is 7.05 Å². The van der Waals surface area contributed by atoms with Crippen LogP contribution in [0.4, 0.5) is 0 Å². The van der Waals surface area contributed by atoms with Crippen LogP contribution in [-0.2, 0) is 13.5 Å². The molecule has 0 aliphatic carbocycles. The molecular formula is C14H16ClNO3. The molecule has 0 aliphatic rings. The number of carbonyl (C=O) groups excluding carboxylic acids is 1. The number of nitrogens with zero attached hydrogens (tertiary/aromatic N) is 1. The highest BCUT2D eigenvalue weighted by Gasteiger charge is 2.23. The summed E-state index contributed by atoms with van der Waals surface area (Å²) in [5, 5.41) is 9.22. The first-order chi connectivity index (χ1) is 9.08. The molecule has 0 fully saturated rings. The molecule has 1 N–H and O–H groups in total. The maximum atomic E-state index is 11.3. The van der Waals surface area contributed by atoms with Crippen LogP contribution in [0.2, 0.25) is 0 Å². The first-order valence-electron chi connectivity index (χ1n) is 6.03. The molecule has 1 rings (SSSR count). The number of carboxylic acids is 1. The van der Waals surface area contributed by atoms with Crippen LogP contribution in [0, 0.1) is 11.8 Å². The van der Waals surface area contributed by atoms with Crippen LogP contribution in [0.25, 0.3) is 0 Å². The van der Waals surface area contributed by atoms with Crippen molar-refractivity contribution in [2.45, 2.75) is 26.2 Å². The van der Waals surface area contributed by atoms with E-state index in [0.717, 1.165) is 6.42 Å². The van der Waals surface area contributed by atoms with Gasteiger partial charge in [-0.2, -0.15) is 0 Å². The number of aromatic nitrogens is 1. The summed E-state index contributed by atoms with van der Waals surface area (Å²) in [6.07, 6.45) is 2.51. The molecule has 0 unspecified atom stereocenters. The molecule has 0 aromatic carbocycles. The number of hydrogen-bond acceptors (Lipinski definition) is 2. The second kappa shape index (κ2) is 7.01. The maximum absolute atomic E-state index is 11.3. The number of hydrogen-bond donors (Lipinski definition) is 1. The summed E-state index contributed by atoms with van der Waals surface area (Å²) in [4.78, 5) is 22.3. The van der Waals surface area contributed by atoms with E-state index in [4.69, 9.17) is 11.6 Å². The average Bonchev–Trinajstić information content (AvgIpc) is 2.67. The molecule has 1 aromatic rings. The third-order valence-electron chi connectivity index (χ3n) is 2.86. The van der Waals surface area contributed by atoms with Crippen molar-refractivity contribution in [1.29, 1.82) is 0 Å². The van der Waals surface area contributed by atoms with Crippen LogP contribution in [0.1, 0.15) is 51.9 Å². The van der Waals surface area contributed by atoms with E-state index < -0.39 is 5.97 Å². The minimum Gasteiger partial charge on any atom is -0.478 e. The summed E-state index contributed by atoms with van der Waals surface area (Å²) >= 11 is 5.57. The lowest BCUT2D eigenvalue weighted by Crippen LogP contribution is -2.04. The van der Waals surface area contributed by atoms with Crippen molar-refractivity contribution in [3.8, 4) is 11.8 Å². The number of unbranched alkanes of at least 4 members (excludes halogenated alkanes) is 1. The third kappa shape index (κ3) is 3.18. The summed E-state index contributed by atoms with van der Waals surface area (Å²) in [5.74, 6) is 5.36. The predicted octanol–water partition coefficient (Wildman–Crippen LogP) is 2.47. The molecule has 1 aromatic heterocycles. The molecule has 0 radical (unpaired) electrons. The lowest BCUT2D eigenvalue weighted by atomic mass is 10.1. The molecule has 5 heteroatoms. The van der Waals surface area contributed by atoms with Crippen molar-refractivity contribution >= 4 is 23.9 Å². The van der Waals surface area contributed by atoms with E-state index >= 15 is 0 Å². The molecule has 0 bridgehead atoms. The van der Waals surface area contributed by atoms with Gasteiger partial charge in [-0.25, -0.2) is 4.79 Å². The van der Waals surface area contributed by atoms with Gasteiger partial charge in [0.25, 0.3) is 0 Å². The van der Waals surface area contributed by atoms with Crippen LogP contribution in [0.5, 0.6) is 0 Å². The largest absolute Gasteiger partial charge is 0.478 e. The fourth-order valence-electron chi connectivity index (χ4n) is 1.95. The summed E-state index contributed by atoms with van der Waals surface area (Å²) in [7, 11) is 1.65. The average molecular weight is 282 g/mol. The highest BCUT2D eigenvalue weighted by Crippen LogP contribution is 2.21. The van der Waals surface area contributed by atoms with Gasteiger partial charge in [0.05, 0.1) is 17.0 Å². The zero-order chi connectivity index (χ0) is 14.4. The van der Waals surface area contributed by atoms with E-state index in [0.29, 0.717) is 36.3 Å². The summed E-state index contributed by atoms with van der Waals surface area (Å²) < 4.78 is 1.54. The van der Waals surface area contributed by atoms with Gasteiger partial charge < -0.3 is 9.67 Å². The van der Waals surface area contributed by atoms with Gasteiger partial charge in [0.1, 0.15) is 0 Å². The number of rotatable bonds is 5. The number of carboxylic acid groups (broad SMARTS) is 1. The van der Waals surface area contributed by atoms with Crippen molar-refractivity contribution in [1.82, 2.24) is 4.57 Å². The summed E-state index contributed by atoms with van der Waals surface area (Å²) in [6, 6.07) is 0. The number of aromatic carboxylic acids is 1. The zero-order valence-electron chi connectivity index (χ0n) is 11.0. The van der Waals surface area contributed by atoms with Crippen molar-refractivity contribution in [2.75, 3.05) is 5.88 Å². The minimum atomic E-state index is -1.09. The van der Waals surface area contributed by atoms with Gasteiger partial charge >= 0.3 is 5.97 Å². The standard InChI is InChI=1S/C14H16ClNO3/c1-3-10-11(7-5-4-6-8-15)16(2)12(9-17)13(10)14(18)19/h9H,3-4,6,8H2,1-2H3,(H,18,19).